The van der Waals surface area contributed by atoms with E-state index < -0.39 is 0 Å². The normalized spacial score (nSPS) is 17.8. The lowest BCUT2D eigenvalue weighted by Crippen LogP contribution is -2.51. The SMILES string of the molecule is COCCN(CC1CN(C(=O)COC)CCO1)C(=O)c1ccco1. The molecule has 0 aliphatic carbocycles. The van der Waals surface area contributed by atoms with Crippen molar-refractivity contribution in [3.8, 4) is 0 Å². The molecule has 1 aliphatic heterocycles. The van der Waals surface area contributed by atoms with Crippen LogP contribution in [0, 0.1) is 0 Å². The van der Waals surface area contributed by atoms with Gasteiger partial charge in [-0.15, -0.1) is 0 Å². The summed E-state index contributed by atoms with van der Waals surface area (Å²) in [5.41, 5.74) is 0. The van der Waals surface area contributed by atoms with Gasteiger partial charge in [0.1, 0.15) is 6.61 Å². The largest absolute Gasteiger partial charge is 0.459 e. The third-order valence-corrected chi connectivity index (χ3v) is 3.77. The molecule has 2 heterocycles. The van der Waals surface area contributed by atoms with Crippen LogP contribution in [0.25, 0.3) is 0 Å². The van der Waals surface area contributed by atoms with E-state index in [1.54, 1.807) is 29.0 Å². The van der Waals surface area contributed by atoms with Crippen LogP contribution in [0.15, 0.2) is 22.8 Å². The highest BCUT2D eigenvalue weighted by molar-refractivity contribution is 5.91. The van der Waals surface area contributed by atoms with Crippen LogP contribution in [0.1, 0.15) is 10.6 Å². The van der Waals surface area contributed by atoms with Gasteiger partial charge in [-0.05, 0) is 12.1 Å². The van der Waals surface area contributed by atoms with Crippen LogP contribution in [0.3, 0.4) is 0 Å². The molecule has 1 aromatic heterocycles. The number of carbonyl (C=O) groups excluding carboxylic acids is 2. The predicted octanol–water partition coefficient (Wildman–Crippen LogP) is 0.242. The molecule has 1 unspecified atom stereocenters. The molecule has 24 heavy (non-hydrogen) atoms. The van der Waals surface area contributed by atoms with Crippen molar-refractivity contribution in [1.29, 1.82) is 0 Å². The van der Waals surface area contributed by atoms with Crippen LogP contribution >= 0.6 is 0 Å². The summed E-state index contributed by atoms with van der Waals surface area (Å²) in [5.74, 6) is -0.0261. The molecule has 0 radical (unpaired) electrons. The van der Waals surface area contributed by atoms with Crippen molar-refractivity contribution in [1.82, 2.24) is 9.80 Å². The summed E-state index contributed by atoms with van der Waals surface area (Å²) in [4.78, 5) is 27.8. The third-order valence-electron chi connectivity index (χ3n) is 3.77. The maximum atomic E-state index is 12.5. The Morgan fingerprint density at radius 3 is 2.88 bits per heavy atom. The zero-order chi connectivity index (χ0) is 17.4. The molecular formula is C16H24N2O6. The molecule has 1 fully saturated rings. The number of nitrogens with zero attached hydrogens (tertiary/aromatic N) is 2. The summed E-state index contributed by atoms with van der Waals surface area (Å²) < 4.78 is 20.9. The van der Waals surface area contributed by atoms with Gasteiger partial charge in [-0.2, -0.15) is 0 Å². The Bertz CT molecular complexity index is 519. The first-order valence-electron chi connectivity index (χ1n) is 7.85. The Morgan fingerprint density at radius 2 is 2.21 bits per heavy atom. The van der Waals surface area contributed by atoms with Gasteiger partial charge in [-0.25, -0.2) is 0 Å². The fourth-order valence-corrected chi connectivity index (χ4v) is 2.55. The molecule has 1 saturated heterocycles. The average molecular weight is 340 g/mol. The molecule has 8 heteroatoms. The smallest absolute Gasteiger partial charge is 0.289 e. The molecule has 2 amide bonds. The van der Waals surface area contributed by atoms with Crippen LogP contribution in [0.4, 0.5) is 0 Å². The van der Waals surface area contributed by atoms with Gasteiger partial charge in [0.25, 0.3) is 5.91 Å². The highest BCUT2D eigenvalue weighted by atomic mass is 16.5. The fourth-order valence-electron chi connectivity index (χ4n) is 2.55. The lowest BCUT2D eigenvalue weighted by atomic mass is 10.2. The number of amides is 2. The van der Waals surface area contributed by atoms with E-state index in [4.69, 9.17) is 18.6 Å². The topological polar surface area (TPSA) is 81.5 Å². The van der Waals surface area contributed by atoms with E-state index in [9.17, 15) is 9.59 Å². The number of furan rings is 1. The standard InChI is InChI=1S/C16H24N2O6/c1-21-8-5-18(16(20)14-4-3-7-24-14)11-13-10-17(6-9-23-13)15(19)12-22-2/h3-4,7,13H,5-6,8-12H2,1-2H3. The molecule has 0 saturated carbocycles. The molecule has 1 atom stereocenters. The highest BCUT2D eigenvalue weighted by Gasteiger charge is 2.28. The first kappa shape index (κ1) is 18.4. The van der Waals surface area contributed by atoms with Gasteiger partial charge >= 0.3 is 0 Å². The Kier molecular flexibility index (Phi) is 7.23. The lowest BCUT2D eigenvalue weighted by molar-refractivity contribution is -0.143. The van der Waals surface area contributed by atoms with Gasteiger partial charge < -0.3 is 28.4 Å². The Morgan fingerprint density at radius 1 is 1.38 bits per heavy atom. The number of hydrogen-bond donors (Lipinski definition) is 0. The Hall–Kier alpha value is -1.90. The summed E-state index contributed by atoms with van der Waals surface area (Å²) >= 11 is 0. The molecular weight excluding hydrogens is 316 g/mol. The van der Waals surface area contributed by atoms with Crippen molar-refractivity contribution in [2.24, 2.45) is 0 Å². The summed E-state index contributed by atoms with van der Waals surface area (Å²) in [6, 6.07) is 3.29. The van der Waals surface area contributed by atoms with E-state index in [0.29, 0.717) is 39.4 Å². The summed E-state index contributed by atoms with van der Waals surface area (Å²) in [6.45, 7) is 2.63. The predicted molar refractivity (Wildman–Crippen MR) is 84.7 cm³/mol. The van der Waals surface area contributed by atoms with E-state index in [0.717, 1.165) is 0 Å². The number of carbonyl (C=O) groups is 2. The second-order valence-electron chi connectivity index (χ2n) is 5.49. The van der Waals surface area contributed by atoms with Crippen molar-refractivity contribution >= 4 is 11.8 Å². The molecule has 0 spiro atoms. The second-order valence-corrected chi connectivity index (χ2v) is 5.49. The molecule has 2 rings (SSSR count). The molecule has 1 aliphatic rings. The number of morpholine rings is 1. The first-order chi connectivity index (χ1) is 11.7. The Labute approximate surface area is 141 Å². The molecule has 0 aromatic carbocycles. The summed E-state index contributed by atoms with van der Waals surface area (Å²) in [5, 5.41) is 0. The third kappa shape index (κ3) is 5.05. The van der Waals surface area contributed by atoms with Gasteiger partial charge in [0.15, 0.2) is 5.76 Å². The van der Waals surface area contributed by atoms with Gasteiger partial charge in [-0.1, -0.05) is 0 Å². The number of ether oxygens (including phenoxy) is 3. The summed E-state index contributed by atoms with van der Waals surface area (Å²) in [6.07, 6.45) is 1.21. The number of methoxy groups -OCH3 is 2. The molecule has 0 bridgehead atoms. The number of hydrogen-bond acceptors (Lipinski definition) is 6. The van der Waals surface area contributed by atoms with Crippen LogP contribution in [-0.2, 0) is 19.0 Å². The number of rotatable bonds is 8. The fraction of sp³-hybridized carbons (Fsp3) is 0.625. The van der Waals surface area contributed by atoms with Crippen molar-refractivity contribution in [2.45, 2.75) is 6.10 Å². The maximum absolute atomic E-state index is 12.5. The average Bonchev–Trinajstić information content (AvgIpc) is 3.13. The zero-order valence-electron chi connectivity index (χ0n) is 14.1. The summed E-state index contributed by atoms with van der Waals surface area (Å²) in [7, 11) is 3.07. The van der Waals surface area contributed by atoms with Crippen molar-refractivity contribution < 1.29 is 28.2 Å². The quantitative estimate of drug-likeness (QED) is 0.674. The lowest BCUT2D eigenvalue weighted by Gasteiger charge is -2.35. The minimum absolute atomic E-state index is 0.0471. The molecule has 8 nitrogen and oxygen atoms in total. The van der Waals surface area contributed by atoms with Gasteiger partial charge in [-0.3, -0.25) is 9.59 Å². The maximum Gasteiger partial charge on any atom is 0.289 e. The van der Waals surface area contributed by atoms with Crippen molar-refractivity contribution in [3.05, 3.63) is 24.2 Å². The van der Waals surface area contributed by atoms with Crippen molar-refractivity contribution in [2.75, 3.05) is 60.2 Å². The van der Waals surface area contributed by atoms with E-state index in [-0.39, 0.29) is 30.3 Å². The van der Waals surface area contributed by atoms with Crippen LogP contribution < -0.4 is 0 Å². The highest BCUT2D eigenvalue weighted by Crippen LogP contribution is 2.11. The molecule has 1 aromatic rings. The van der Waals surface area contributed by atoms with Crippen LogP contribution in [-0.4, -0.2) is 87.9 Å². The van der Waals surface area contributed by atoms with E-state index in [2.05, 4.69) is 0 Å². The van der Waals surface area contributed by atoms with E-state index in [1.165, 1.54) is 13.4 Å². The van der Waals surface area contributed by atoms with E-state index >= 15 is 0 Å². The van der Waals surface area contributed by atoms with Crippen LogP contribution in [0.5, 0.6) is 0 Å². The van der Waals surface area contributed by atoms with E-state index in [1.807, 2.05) is 0 Å². The zero-order valence-corrected chi connectivity index (χ0v) is 14.1. The first-order valence-corrected chi connectivity index (χ1v) is 7.85. The van der Waals surface area contributed by atoms with Gasteiger partial charge in [0.05, 0.1) is 25.6 Å². The van der Waals surface area contributed by atoms with Gasteiger partial charge in [0, 0.05) is 40.4 Å². The molecule has 134 valence electrons. The van der Waals surface area contributed by atoms with Crippen molar-refractivity contribution in [3.63, 3.8) is 0 Å². The van der Waals surface area contributed by atoms with Crippen LogP contribution in [0.2, 0.25) is 0 Å². The second kappa shape index (κ2) is 9.41. The monoisotopic (exact) mass is 340 g/mol. The van der Waals surface area contributed by atoms with Gasteiger partial charge in [0.2, 0.25) is 5.91 Å². The molecule has 0 N–H and O–H groups in total. The minimum Gasteiger partial charge on any atom is -0.459 e. The Balaban J connectivity index is 1.97. The minimum atomic E-state index is -0.254.